The Morgan fingerprint density at radius 2 is 1.63 bits per heavy atom. The van der Waals surface area contributed by atoms with Gasteiger partial charge in [0.05, 0.1) is 6.54 Å². The maximum atomic E-state index is 10.7. The van der Waals surface area contributed by atoms with Crippen LogP contribution in [0.3, 0.4) is 0 Å². The zero-order chi connectivity index (χ0) is 13.5. The van der Waals surface area contributed by atoms with E-state index >= 15 is 0 Å². The molecule has 0 atom stereocenters. The number of rotatable bonds is 2. The average Bonchev–Trinajstić information content (AvgIpc) is 2.45. The molecule has 0 saturated carbocycles. The van der Waals surface area contributed by atoms with Crippen LogP contribution in [0.4, 0.5) is 0 Å². The van der Waals surface area contributed by atoms with Crippen LogP contribution in [-0.4, -0.2) is 12.5 Å². The fourth-order valence-corrected chi connectivity index (χ4v) is 1.69. The molecule has 0 fully saturated rings. The number of hydrogen-bond acceptors (Lipinski definition) is 1. The van der Waals surface area contributed by atoms with E-state index in [4.69, 9.17) is 0 Å². The molecule has 0 aliphatic rings. The van der Waals surface area contributed by atoms with E-state index in [0.29, 0.717) is 6.54 Å². The molecular weight excluding hydrogens is 234 g/mol. The molecule has 2 aromatic carbocycles. The first kappa shape index (κ1) is 12.9. The summed E-state index contributed by atoms with van der Waals surface area (Å²) >= 11 is 0. The predicted molar refractivity (Wildman–Crippen MR) is 77.4 cm³/mol. The fraction of sp³-hybridized carbons (Fsp3) is 0.118. The minimum atomic E-state index is -0.0614. The number of nitrogens with one attached hydrogen (secondary N) is 1. The van der Waals surface area contributed by atoms with E-state index in [9.17, 15) is 4.79 Å². The summed E-state index contributed by atoms with van der Waals surface area (Å²) in [5, 5.41) is 2.64. The molecule has 0 aliphatic heterocycles. The summed E-state index contributed by atoms with van der Waals surface area (Å²) < 4.78 is 0. The second kappa shape index (κ2) is 6.42. The largest absolute Gasteiger partial charge is 0.345 e. The Morgan fingerprint density at radius 1 is 1.00 bits per heavy atom. The maximum Gasteiger partial charge on any atom is 0.217 e. The van der Waals surface area contributed by atoms with Gasteiger partial charge in [0.15, 0.2) is 0 Å². The zero-order valence-electron chi connectivity index (χ0n) is 10.8. The molecule has 2 nitrogen and oxygen atoms in total. The molecule has 2 aromatic rings. The summed E-state index contributed by atoms with van der Waals surface area (Å²) in [6.07, 6.45) is 0. The Bertz CT molecular complexity index is 603. The van der Waals surface area contributed by atoms with Crippen molar-refractivity contribution in [3.8, 4) is 23.0 Å². The molecule has 2 heteroatoms. The Morgan fingerprint density at radius 3 is 2.26 bits per heavy atom. The molecule has 0 aliphatic carbocycles. The number of carbonyl (C=O) groups excluding carboxylic acids is 1. The topological polar surface area (TPSA) is 29.1 Å². The highest BCUT2D eigenvalue weighted by Gasteiger charge is 1.95. The van der Waals surface area contributed by atoms with Crippen LogP contribution in [0.25, 0.3) is 11.1 Å². The van der Waals surface area contributed by atoms with Crippen LogP contribution >= 0.6 is 0 Å². The number of hydrogen-bond donors (Lipinski definition) is 1. The third-order valence-electron chi connectivity index (χ3n) is 2.65. The monoisotopic (exact) mass is 249 g/mol. The van der Waals surface area contributed by atoms with E-state index < -0.39 is 0 Å². The third-order valence-corrected chi connectivity index (χ3v) is 2.65. The summed E-state index contributed by atoms with van der Waals surface area (Å²) in [5.74, 6) is 5.86. The van der Waals surface area contributed by atoms with E-state index in [0.717, 1.165) is 5.56 Å². The molecule has 0 radical (unpaired) electrons. The van der Waals surface area contributed by atoms with E-state index in [1.54, 1.807) is 0 Å². The van der Waals surface area contributed by atoms with Crippen molar-refractivity contribution in [3.63, 3.8) is 0 Å². The van der Waals surface area contributed by atoms with Crippen LogP contribution in [0.5, 0.6) is 0 Å². The molecule has 0 heterocycles. The van der Waals surface area contributed by atoms with Crippen molar-refractivity contribution in [3.05, 3.63) is 60.2 Å². The molecule has 0 aromatic heterocycles. The van der Waals surface area contributed by atoms with Gasteiger partial charge in [-0.25, -0.2) is 0 Å². The van der Waals surface area contributed by atoms with Crippen LogP contribution in [0, 0.1) is 11.8 Å². The molecule has 94 valence electrons. The van der Waals surface area contributed by atoms with Crippen molar-refractivity contribution in [2.45, 2.75) is 6.92 Å². The first-order valence-corrected chi connectivity index (χ1v) is 6.14. The van der Waals surface area contributed by atoms with Gasteiger partial charge in [-0.15, -0.1) is 0 Å². The smallest absolute Gasteiger partial charge is 0.217 e. The lowest BCUT2D eigenvalue weighted by atomic mass is 10.0. The number of carbonyl (C=O) groups is 1. The van der Waals surface area contributed by atoms with Gasteiger partial charge in [-0.3, -0.25) is 4.79 Å². The quantitative estimate of drug-likeness (QED) is 0.815. The number of benzene rings is 2. The van der Waals surface area contributed by atoms with Gasteiger partial charge in [0, 0.05) is 12.5 Å². The summed E-state index contributed by atoms with van der Waals surface area (Å²) in [6, 6.07) is 18.3. The lowest BCUT2D eigenvalue weighted by molar-refractivity contribution is -0.118. The fourth-order valence-electron chi connectivity index (χ4n) is 1.69. The van der Waals surface area contributed by atoms with Gasteiger partial charge in [-0.1, -0.05) is 54.3 Å². The summed E-state index contributed by atoms with van der Waals surface area (Å²) in [6.45, 7) is 1.87. The van der Waals surface area contributed by atoms with Crippen molar-refractivity contribution >= 4 is 5.91 Å². The van der Waals surface area contributed by atoms with E-state index in [-0.39, 0.29) is 5.91 Å². The van der Waals surface area contributed by atoms with Crippen LogP contribution in [0.1, 0.15) is 12.5 Å². The first-order chi connectivity index (χ1) is 9.25. The summed E-state index contributed by atoms with van der Waals surface area (Å²) in [5.41, 5.74) is 3.32. The van der Waals surface area contributed by atoms with Gasteiger partial charge in [-0.05, 0) is 23.3 Å². The van der Waals surface area contributed by atoms with Gasteiger partial charge in [0.1, 0.15) is 0 Å². The summed E-state index contributed by atoms with van der Waals surface area (Å²) in [4.78, 5) is 10.7. The molecule has 2 rings (SSSR count). The Hall–Kier alpha value is -2.53. The minimum Gasteiger partial charge on any atom is -0.345 e. The molecule has 0 saturated heterocycles. The number of amides is 1. The molecule has 0 unspecified atom stereocenters. The Balaban J connectivity index is 2.05. The molecule has 0 bridgehead atoms. The molecule has 1 N–H and O–H groups in total. The van der Waals surface area contributed by atoms with Crippen LogP contribution in [0.2, 0.25) is 0 Å². The predicted octanol–water partition coefficient (Wildman–Crippen LogP) is 2.84. The second-order valence-corrected chi connectivity index (χ2v) is 4.15. The lowest BCUT2D eigenvalue weighted by Gasteiger charge is -2.00. The van der Waals surface area contributed by atoms with Crippen LogP contribution in [0.15, 0.2) is 54.6 Å². The Labute approximate surface area is 113 Å². The molecule has 0 spiro atoms. The molecule has 19 heavy (non-hydrogen) atoms. The highest BCUT2D eigenvalue weighted by atomic mass is 16.1. The highest BCUT2D eigenvalue weighted by molar-refractivity contribution is 5.73. The zero-order valence-corrected chi connectivity index (χ0v) is 10.8. The van der Waals surface area contributed by atoms with Gasteiger partial charge in [0.2, 0.25) is 5.91 Å². The average molecular weight is 249 g/mol. The first-order valence-electron chi connectivity index (χ1n) is 6.14. The van der Waals surface area contributed by atoms with Gasteiger partial charge >= 0.3 is 0 Å². The molecular formula is C17H15NO. The maximum absolute atomic E-state index is 10.7. The van der Waals surface area contributed by atoms with Gasteiger partial charge in [-0.2, -0.15) is 0 Å². The van der Waals surface area contributed by atoms with Crippen molar-refractivity contribution in [1.29, 1.82) is 0 Å². The summed E-state index contributed by atoms with van der Waals surface area (Å²) in [7, 11) is 0. The van der Waals surface area contributed by atoms with Crippen molar-refractivity contribution in [2.75, 3.05) is 6.54 Å². The van der Waals surface area contributed by atoms with Gasteiger partial charge in [0.25, 0.3) is 0 Å². The molecule has 1 amide bonds. The SMILES string of the molecule is CC(=O)NCC#Cc1ccc(-c2ccccc2)cc1. The van der Waals surface area contributed by atoms with Gasteiger partial charge < -0.3 is 5.32 Å². The normalized spacial score (nSPS) is 9.32. The minimum absolute atomic E-state index is 0.0614. The standard InChI is InChI=1S/C17H15NO/c1-14(19)18-13-5-6-15-9-11-17(12-10-15)16-7-3-2-4-8-16/h2-4,7-12H,13H2,1H3,(H,18,19). The third kappa shape index (κ3) is 4.01. The van der Waals surface area contributed by atoms with Crippen LogP contribution in [-0.2, 0) is 4.79 Å². The Kier molecular flexibility index (Phi) is 4.36. The lowest BCUT2D eigenvalue weighted by Crippen LogP contribution is -2.19. The highest BCUT2D eigenvalue weighted by Crippen LogP contribution is 2.18. The van der Waals surface area contributed by atoms with E-state index in [2.05, 4.69) is 41.4 Å². The second-order valence-electron chi connectivity index (χ2n) is 4.15. The van der Waals surface area contributed by atoms with Crippen LogP contribution < -0.4 is 5.32 Å². The van der Waals surface area contributed by atoms with E-state index in [1.165, 1.54) is 18.1 Å². The van der Waals surface area contributed by atoms with Crippen molar-refractivity contribution in [2.24, 2.45) is 0 Å². The van der Waals surface area contributed by atoms with Crippen molar-refractivity contribution < 1.29 is 4.79 Å². The van der Waals surface area contributed by atoms with Crippen molar-refractivity contribution in [1.82, 2.24) is 5.32 Å². The van der Waals surface area contributed by atoms with E-state index in [1.807, 2.05) is 30.3 Å².